The number of alkyl halides is 3. The minimum atomic E-state index is -4.33. The maximum absolute atomic E-state index is 11.7. The van der Waals surface area contributed by atoms with Crippen LogP contribution in [0.2, 0.25) is 0 Å². The zero-order valence-corrected chi connectivity index (χ0v) is 7.15. The van der Waals surface area contributed by atoms with Crippen molar-refractivity contribution < 1.29 is 13.2 Å². The Bertz CT molecular complexity index is 230. The van der Waals surface area contributed by atoms with E-state index in [1.807, 2.05) is 0 Å². The first-order valence-corrected chi connectivity index (χ1v) is 3.35. The predicted molar refractivity (Wildman–Crippen MR) is 45.9 cm³/mol. The van der Waals surface area contributed by atoms with Gasteiger partial charge in [-0.15, -0.1) is 0 Å². The van der Waals surface area contributed by atoms with E-state index < -0.39 is 12.7 Å². The normalized spacial score (nSPS) is 12.5. The smallest absolute Gasteiger partial charge is 0.329 e. The van der Waals surface area contributed by atoms with Gasteiger partial charge in [0, 0.05) is 5.70 Å². The third-order valence-corrected chi connectivity index (χ3v) is 0.883. The average Bonchev–Trinajstić information content (AvgIpc) is 1.95. The molecule has 6 heteroatoms. The summed E-state index contributed by atoms with van der Waals surface area (Å²) in [7, 11) is 0. The zero-order valence-electron chi connectivity index (χ0n) is 7.15. The molecule has 0 unspecified atom stereocenters. The largest absolute Gasteiger partial charge is 0.408 e. The number of halogens is 3. The van der Waals surface area contributed by atoms with Crippen molar-refractivity contribution in [2.45, 2.75) is 13.1 Å². The van der Waals surface area contributed by atoms with Crippen molar-refractivity contribution >= 4 is 12.7 Å². The van der Waals surface area contributed by atoms with Gasteiger partial charge >= 0.3 is 6.18 Å². The molecule has 0 spiro atoms. The molecule has 0 heterocycles. The number of rotatable bonds is 2. The maximum atomic E-state index is 11.7. The fourth-order valence-corrected chi connectivity index (χ4v) is 0.484. The average molecular weight is 193 g/mol. The number of hydrogen-bond donors (Lipinski definition) is 1. The summed E-state index contributed by atoms with van der Waals surface area (Å²) in [4.78, 5) is 6.40. The molecule has 0 radical (unpaired) electrons. The molecule has 0 aromatic rings. The lowest BCUT2D eigenvalue weighted by Gasteiger charge is -2.05. The predicted octanol–water partition coefficient (Wildman–Crippen LogP) is 1.73. The van der Waals surface area contributed by atoms with Gasteiger partial charge in [-0.2, -0.15) is 13.2 Å². The minimum absolute atomic E-state index is 0.176. The van der Waals surface area contributed by atoms with E-state index >= 15 is 0 Å². The number of nitrogens with zero attached hydrogens (tertiary/aromatic N) is 2. The van der Waals surface area contributed by atoms with Crippen molar-refractivity contribution in [3.8, 4) is 0 Å². The third-order valence-electron chi connectivity index (χ3n) is 0.883. The molecule has 0 aliphatic heterocycles. The molecule has 13 heavy (non-hydrogen) atoms. The van der Waals surface area contributed by atoms with Crippen LogP contribution in [0.3, 0.4) is 0 Å². The summed E-state index contributed by atoms with van der Waals surface area (Å²) in [6.45, 7) is 6.79. The van der Waals surface area contributed by atoms with Crippen LogP contribution in [-0.2, 0) is 0 Å². The van der Waals surface area contributed by atoms with Crippen LogP contribution in [0.25, 0.3) is 0 Å². The van der Waals surface area contributed by atoms with E-state index in [9.17, 15) is 13.2 Å². The molecule has 0 aliphatic rings. The van der Waals surface area contributed by atoms with Gasteiger partial charge in [0.15, 0.2) is 0 Å². The molecule has 0 bridgehead atoms. The van der Waals surface area contributed by atoms with Gasteiger partial charge in [0.2, 0.25) is 5.96 Å². The highest BCUT2D eigenvalue weighted by atomic mass is 19.4. The molecular weight excluding hydrogens is 183 g/mol. The molecular formula is C7H10F3N3. The van der Waals surface area contributed by atoms with Crippen molar-refractivity contribution in [2.24, 2.45) is 9.98 Å². The highest BCUT2D eigenvalue weighted by molar-refractivity contribution is 5.85. The maximum Gasteiger partial charge on any atom is 0.408 e. The molecule has 0 saturated heterocycles. The molecule has 0 amide bonds. The van der Waals surface area contributed by atoms with Crippen LogP contribution in [0.5, 0.6) is 0 Å². The van der Waals surface area contributed by atoms with Crippen LogP contribution in [0.4, 0.5) is 13.2 Å². The summed E-state index contributed by atoms with van der Waals surface area (Å²) in [6, 6.07) is 0. The highest BCUT2D eigenvalue weighted by Crippen LogP contribution is 2.14. The van der Waals surface area contributed by atoms with Gasteiger partial charge < -0.3 is 5.32 Å². The van der Waals surface area contributed by atoms with Gasteiger partial charge in [0.1, 0.15) is 6.54 Å². The number of guanidine groups is 1. The van der Waals surface area contributed by atoms with E-state index in [-0.39, 0.29) is 5.96 Å². The van der Waals surface area contributed by atoms with Gasteiger partial charge in [-0.1, -0.05) is 6.58 Å². The summed E-state index contributed by atoms with van der Waals surface area (Å²) >= 11 is 0. The quantitative estimate of drug-likeness (QED) is 0.526. The Balaban J connectivity index is 4.23. The van der Waals surface area contributed by atoms with Crippen LogP contribution in [-0.4, -0.2) is 25.4 Å². The molecule has 0 saturated carbocycles. The van der Waals surface area contributed by atoms with E-state index in [1.54, 1.807) is 6.92 Å². The fraction of sp³-hybridized carbons (Fsp3) is 0.429. The summed E-state index contributed by atoms with van der Waals surface area (Å²) in [5.41, 5.74) is 0.452. The Kier molecular flexibility index (Phi) is 4.16. The molecule has 0 aromatic carbocycles. The molecule has 74 valence electrons. The highest BCUT2D eigenvalue weighted by Gasteiger charge is 2.26. The van der Waals surface area contributed by atoms with E-state index in [0.717, 1.165) is 0 Å². The summed E-state index contributed by atoms with van der Waals surface area (Å²) in [6.07, 6.45) is -4.33. The van der Waals surface area contributed by atoms with E-state index in [4.69, 9.17) is 0 Å². The second-order valence-electron chi connectivity index (χ2n) is 2.32. The molecule has 0 rings (SSSR count). The monoisotopic (exact) mass is 193 g/mol. The standard InChI is InChI=1S/C7H10F3N3/c1-5(2)13-6(11-3)12-4-7(8,9)10/h1,3-4H2,2H3,(H,12,13). The summed E-state index contributed by atoms with van der Waals surface area (Å²) in [5, 5.41) is 2.43. The fourth-order valence-electron chi connectivity index (χ4n) is 0.484. The first-order chi connectivity index (χ1) is 5.85. The number of aliphatic imine (C=N–C) groups is 2. The van der Waals surface area contributed by atoms with Crippen LogP contribution in [0.15, 0.2) is 22.3 Å². The topological polar surface area (TPSA) is 36.8 Å². The van der Waals surface area contributed by atoms with Crippen molar-refractivity contribution in [1.29, 1.82) is 0 Å². The molecule has 0 aromatic heterocycles. The summed E-state index contributed by atoms with van der Waals surface area (Å²) in [5.74, 6) is -0.176. The van der Waals surface area contributed by atoms with Crippen molar-refractivity contribution in [3.05, 3.63) is 12.3 Å². The Hall–Kier alpha value is -1.33. The molecule has 0 aliphatic carbocycles. The second-order valence-corrected chi connectivity index (χ2v) is 2.32. The Labute approximate surface area is 74.1 Å². The van der Waals surface area contributed by atoms with E-state index in [2.05, 4.69) is 28.6 Å². The Morgan fingerprint density at radius 2 is 2.00 bits per heavy atom. The van der Waals surface area contributed by atoms with Crippen molar-refractivity contribution in [1.82, 2.24) is 5.32 Å². The molecule has 3 nitrogen and oxygen atoms in total. The van der Waals surface area contributed by atoms with Gasteiger partial charge in [0.05, 0.1) is 0 Å². The van der Waals surface area contributed by atoms with Crippen molar-refractivity contribution in [2.75, 3.05) is 6.54 Å². The van der Waals surface area contributed by atoms with E-state index in [0.29, 0.717) is 5.70 Å². The number of hydrogen-bond acceptors (Lipinski definition) is 1. The lowest BCUT2D eigenvalue weighted by Crippen LogP contribution is -2.22. The first kappa shape index (κ1) is 11.7. The number of nitrogens with one attached hydrogen (secondary N) is 1. The molecule has 0 fully saturated rings. The van der Waals surface area contributed by atoms with Gasteiger partial charge in [-0.25, -0.2) is 9.98 Å². The molecule has 1 N–H and O–H groups in total. The van der Waals surface area contributed by atoms with Gasteiger partial charge in [-0.3, -0.25) is 0 Å². The van der Waals surface area contributed by atoms with Crippen LogP contribution in [0, 0.1) is 0 Å². The Morgan fingerprint density at radius 1 is 1.46 bits per heavy atom. The van der Waals surface area contributed by atoms with E-state index in [1.165, 1.54) is 0 Å². The van der Waals surface area contributed by atoms with Crippen LogP contribution < -0.4 is 5.32 Å². The zero-order chi connectivity index (χ0) is 10.5. The van der Waals surface area contributed by atoms with Gasteiger partial charge in [0.25, 0.3) is 0 Å². The Morgan fingerprint density at radius 3 is 2.31 bits per heavy atom. The molecule has 0 atom stereocenters. The minimum Gasteiger partial charge on any atom is -0.329 e. The second kappa shape index (κ2) is 4.64. The lowest BCUT2D eigenvalue weighted by atomic mass is 10.5. The SMILES string of the molecule is C=NC(=NCC(F)(F)F)NC(=C)C. The lowest BCUT2D eigenvalue weighted by molar-refractivity contribution is -0.118. The van der Waals surface area contributed by atoms with Crippen LogP contribution in [0.1, 0.15) is 6.92 Å². The third kappa shape index (κ3) is 7.04. The van der Waals surface area contributed by atoms with Crippen molar-refractivity contribution in [3.63, 3.8) is 0 Å². The van der Waals surface area contributed by atoms with Crippen LogP contribution >= 0.6 is 0 Å². The van der Waals surface area contributed by atoms with Gasteiger partial charge in [-0.05, 0) is 13.6 Å². The summed E-state index contributed by atoms with van der Waals surface area (Å²) < 4.78 is 35.0. The number of allylic oxidation sites excluding steroid dienone is 1. The first-order valence-electron chi connectivity index (χ1n) is 3.35.